The van der Waals surface area contributed by atoms with Crippen LogP contribution >= 0.6 is 0 Å². The van der Waals surface area contributed by atoms with Gasteiger partial charge in [-0.15, -0.1) is 0 Å². The lowest BCUT2D eigenvalue weighted by Gasteiger charge is -2.17. The number of hydroxylamine groups is 1. The number of carboxylic acids is 1. The summed E-state index contributed by atoms with van der Waals surface area (Å²) in [5.41, 5.74) is 6.68. The van der Waals surface area contributed by atoms with Crippen molar-refractivity contribution in [3.8, 4) is 11.1 Å². The van der Waals surface area contributed by atoms with Crippen molar-refractivity contribution in [2.45, 2.75) is 44.8 Å². The van der Waals surface area contributed by atoms with Crippen LogP contribution in [-0.4, -0.2) is 41.8 Å². The number of benzene rings is 2. The number of carbonyl (C=O) groups excluding carboxylic acids is 2. The van der Waals surface area contributed by atoms with Gasteiger partial charge >= 0.3 is 12.1 Å². The zero-order valence-corrected chi connectivity index (χ0v) is 17.5. The predicted molar refractivity (Wildman–Crippen MR) is 113 cm³/mol. The number of fused-ring (bicyclic) bond motifs is 3. The molecule has 1 aliphatic carbocycles. The molecule has 0 aliphatic heterocycles. The van der Waals surface area contributed by atoms with Crippen molar-refractivity contribution in [3.63, 3.8) is 0 Å². The van der Waals surface area contributed by atoms with Gasteiger partial charge < -0.3 is 15.2 Å². The molecule has 0 fully saturated rings. The van der Waals surface area contributed by atoms with Gasteiger partial charge in [0.1, 0.15) is 6.61 Å². The molecule has 0 spiro atoms. The fourth-order valence-electron chi connectivity index (χ4n) is 3.52. The van der Waals surface area contributed by atoms with E-state index in [-0.39, 0.29) is 25.0 Å². The number of alkyl carbamates (subject to hydrolysis) is 1. The number of nitrogens with one attached hydrogen (secondary N) is 2. The van der Waals surface area contributed by atoms with Gasteiger partial charge in [-0.05, 0) is 42.5 Å². The molecule has 31 heavy (non-hydrogen) atoms. The van der Waals surface area contributed by atoms with E-state index in [1.165, 1.54) is 6.92 Å². The monoisotopic (exact) mass is 426 g/mol. The molecule has 0 saturated heterocycles. The molecule has 3 rings (SSSR count). The summed E-state index contributed by atoms with van der Waals surface area (Å²) in [4.78, 5) is 39.3. The van der Waals surface area contributed by atoms with Gasteiger partial charge in [-0.3, -0.25) is 9.63 Å². The van der Waals surface area contributed by atoms with Crippen molar-refractivity contribution in [1.29, 1.82) is 0 Å². The van der Waals surface area contributed by atoms with Crippen molar-refractivity contribution in [2.24, 2.45) is 0 Å². The fourth-order valence-corrected chi connectivity index (χ4v) is 3.52. The Labute approximate surface area is 180 Å². The molecule has 2 aromatic rings. The molecule has 2 unspecified atom stereocenters. The van der Waals surface area contributed by atoms with E-state index in [0.29, 0.717) is 6.42 Å². The van der Waals surface area contributed by atoms with E-state index in [0.717, 1.165) is 22.3 Å². The molecule has 0 saturated carbocycles. The van der Waals surface area contributed by atoms with Crippen LogP contribution in [0.2, 0.25) is 0 Å². The summed E-state index contributed by atoms with van der Waals surface area (Å²) in [5, 5.41) is 11.4. The first-order valence-corrected chi connectivity index (χ1v) is 10.2. The average molecular weight is 426 g/mol. The molecular formula is C23H26N2O6. The van der Waals surface area contributed by atoms with Gasteiger partial charge in [-0.25, -0.2) is 15.1 Å². The quantitative estimate of drug-likeness (QED) is 0.531. The van der Waals surface area contributed by atoms with Crippen LogP contribution in [0.25, 0.3) is 11.1 Å². The third-order valence-corrected chi connectivity index (χ3v) is 5.21. The Balaban J connectivity index is 1.45. The van der Waals surface area contributed by atoms with Gasteiger partial charge in [-0.1, -0.05) is 48.5 Å². The Hall–Kier alpha value is -3.39. The molecule has 2 aromatic carbocycles. The Morgan fingerprint density at radius 1 is 1.00 bits per heavy atom. The van der Waals surface area contributed by atoms with Crippen LogP contribution in [0, 0.1) is 0 Å². The summed E-state index contributed by atoms with van der Waals surface area (Å²) in [7, 11) is 0. The smallest absolute Gasteiger partial charge is 0.407 e. The van der Waals surface area contributed by atoms with E-state index in [9.17, 15) is 14.4 Å². The maximum absolute atomic E-state index is 12.2. The van der Waals surface area contributed by atoms with E-state index >= 15 is 0 Å². The predicted octanol–water partition coefficient (Wildman–Crippen LogP) is 3.21. The number of hydrogen-bond donors (Lipinski definition) is 3. The van der Waals surface area contributed by atoms with Gasteiger partial charge in [0.2, 0.25) is 5.91 Å². The van der Waals surface area contributed by atoms with Crippen molar-refractivity contribution in [3.05, 3.63) is 59.7 Å². The van der Waals surface area contributed by atoms with Crippen molar-refractivity contribution < 1.29 is 29.1 Å². The van der Waals surface area contributed by atoms with Crippen molar-refractivity contribution in [1.82, 2.24) is 10.8 Å². The molecule has 0 heterocycles. The molecule has 0 aromatic heterocycles. The lowest BCUT2D eigenvalue weighted by Crippen LogP contribution is -2.36. The molecule has 0 radical (unpaired) electrons. The normalized spacial score (nSPS) is 14.1. The maximum atomic E-state index is 12.2. The SMILES string of the molecule is CC(CCC(=O)NOC(C)C(=O)O)NC(=O)OCC1c2ccccc2-c2ccccc21. The largest absolute Gasteiger partial charge is 0.479 e. The van der Waals surface area contributed by atoms with Crippen LogP contribution in [0.5, 0.6) is 0 Å². The molecular weight excluding hydrogens is 400 g/mol. The lowest BCUT2D eigenvalue weighted by atomic mass is 9.98. The molecule has 8 nitrogen and oxygen atoms in total. The van der Waals surface area contributed by atoms with E-state index in [1.807, 2.05) is 24.3 Å². The summed E-state index contributed by atoms with van der Waals surface area (Å²) in [6.45, 7) is 3.29. The minimum atomic E-state index is -1.18. The molecule has 164 valence electrons. The van der Waals surface area contributed by atoms with Crippen molar-refractivity contribution in [2.75, 3.05) is 6.61 Å². The number of carbonyl (C=O) groups is 3. The zero-order valence-electron chi connectivity index (χ0n) is 17.5. The van der Waals surface area contributed by atoms with E-state index < -0.39 is 24.1 Å². The second-order valence-electron chi connectivity index (χ2n) is 7.53. The fraction of sp³-hybridized carbons (Fsp3) is 0.348. The number of rotatable bonds is 9. The maximum Gasteiger partial charge on any atom is 0.407 e. The Bertz CT molecular complexity index is 915. The van der Waals surface area contributed by atoms with Crippen LogP contribution in [0.1, 0.15) is 43.7 Å². The van der Waals surface area contributed by atoms with Crippen LogP contribution in [0.3, 0.4) is 0 Å². The zero-order chi connectivity index (χ0) is 22.4. The van der Waals surface area contributed by atoms with E-state index in [2.05, 4.69) is 35.1 Å². The van der Waals surface area contributed by atoms with Crippen LogP contribution in [-0.2, 0) is 19.2 Å². The molecule has 0 bridgehead atoms. The molecule has 8 heteroatoms. The minimum absolute atomic E-state index is 0.0207. The Morgan fingerprint density at radius 3 is 2.16 bits per heavy atom. The molecule has 3 N–H and O–H groups in total. The highest BCUT2D eigenvalue weighted by Crippen LogP contribution is 2.44. The summed E-state index contributed by atoms with van der Waals surface area (Å²) in [5.74, 6) is -1.66. The first kappa shape index (κ1) is 22.3. The first-order chi connectivity index (χ1) is 14.9. The summed E-state index contributed by atoms with van der Waals surface area (Å²) >= 11 is 0. The number of amides is 2. The van der Waals surface area contributed by atoms with Crippen LogP contribution in [0.15, 0.2) is 48.5 Å². The van der Waals surface area contributed by atoms with E-state index in [4.69, 9.17) is 14.7 Å². The van der Waals surface area contributed by atoms with Gasteiger partial charge in [0.15, 0.2) is 6.10 Å². The van der Waals surface area contributed by atoms with E-state index in [1.54, 1.807) is 6.92 Å². The third-order valence-electron chi connectivity index (χ3n) is 5.21. The van der Waals surface area contributed by atoms with Gasteiger partial charge in [0.05, 0.1) is 0 Å². The number of carboxylic acid groups (broad SMARTS) is 1. The highest BCUT2D eigenvalue weighted by atomic mass is 16.7. The standard InChI is InChI=1S/C23H26N2O6/c1-14(11-12-21(26)25-31-15(2)22(27)28)24-23(29)30-13-20-18-9-5-3-7-16(18)17-8-4-6-10-19(17)20/h3-10,14-15,20H,11-13H2,1-2H3,(H,24,29)(H,25,26)(H,27,28). The summed E-state index contributed by atoms with van der Waals surface area (Å²) < 4.78 is 5.48. The van der Waals surface area contributed by atoms with Gasteiger partial charge in [0.25, 0.3) is 0 Å². The topological polar surface area (TPSA) is 114 Å². The van der Waals surface area contributed by atoms with Crippen molar-refractivity contribution >= 4 is 18.0 Å². The average Bonchev–Trinajstić information content (AvgIpc) is 3.08. The van der Waals surface area contributed by atoms with Crippen LogP contribution in [0.4, 0.5) is 4.79 Å². The second-order valence-corrected chi connectivity index (χ2v) is 7.53. The molecule has 2 amide bonds. The first-order valence-electron chi connectivity index (χ1n) is 10.2. The summed E-state index contributed by atoms with van der Waals surface area (Å²) in [6.07, 6.45) is -1.27. The Morgan fingerprint density at radius 2 is 1.58 bits per heavy atom. The lowest BCUT2D eigenvalue weighted by molar-refractivity contribution is -0.158. The van der Waals surface area contributed by atoms with Crippen LogP contribution < -0.4 is 10.8 Å². The number of hydrogen-bond acceptors (Lipinski definition) is 5. The highest BCUT2D eigenvalue weighted by molar-refractivity contribution is 5.79. The highest BCUT2D eigenvalue weighted by Gasteiger charge is 2.29. The van der Waals surface area contributed by atoms with Gasteiger partial charge in [0, 0.05) is 18.4 Å². The second kappa shape index (κ2) is 10.1. The third kappa shape index (κ3) is 5.61. The summed E-state index contributed by atoms with van der Waals surface area (Å²) in [6, 6.07) is 15.9. The number of ether oxygens (including phenoxy) is 1. The molecule has 1 aliphatic rings. The Kier molecular flexibility index (Phi) is 7.25. The minimum Gasteiger partial charge on any atom is -0.479 e. The number of aliphatic carboxylic acids is 1. The van der Waals surface area contributed by atoms with Gasteiger partial charge in [-0.2, -0.15) is 0 Å². The molecule has 2 atom stereocenters.